The van der Waals surface area contributed by atoms with Gasteiger partial charge in [0.05, 0.1) is 10.5 Å². The number of hydrogen-bond donors (Lipinski definition) is 2. The minimum atomic E-state index is -3.43. The van der Waals surface area contributed by atoms with Gasteiger partial charge in [-0.25, -0.2) is 8.42 Å². The molecular weight excluding hydrogens is 280 g/mol. The maximum absolute atomic E-state index is 12.3. The van der Waals surface area contributed by atoms with E-state index in [1.165, 1.54) is 23.1 Å². The fraction of sp³-hybridized carbons (Fsp3) is 0.462. The Kier molecular flexibility index (Phi) is 3.51. The van der Waals surface area contributed by atoms with E-state index in [1.54, 1.807) is 6.92 Å². The van der Waals surface area contributed by atoms with E-state index in [4.69, 9.17) is 5.73 Å². The minimum absolute atomic E-state index is 0.0202. The minimum Gasteiger partial charge on any atom is -0.399 e. The molecule has 2 rings (SSSR count). The van der Waals surface area contributed by atoms with Gasteiger partial charge in [-0.1, -0.05) is 0 Å². The monoisotopic (exact) mass is 298 g/mol. The van der Waals surface area contributed by atoms with Gasteiger partial charge in [0, 0.05) is 30.6 Å². The molecule has 1 heterocycles. The molecule has 1 unspecified atom stereocenters. The summed E-state index contributed by atoms with van der Waals surface area (Å²) in [5.74, 6) is -0.319. The molecule has 20 heavy (non-hydrogen) atoms. The number of benzene rings is 1. The lowest BCUT2D eigenvalue weighted by Crippen LogP contribution is -2.34. The van der Waals surface area contributed by atoms with Crippen molar-refractivity contribution >= 4 is 21.4 Å². The highest BCUT2D eigenvalue weighted by molar-refractivity contribution is 7.90. The van der Waals surface area contributed by atoms with Crippen LogP contribution in [0.5, 0.6) is 0 Å². The molecule has 0 radical (unpaired) electrons. The van der Waals surface area contributed by atoms with Crippen LogP contribution in [-0.4, -0.2) is 49.3 Å². The zero-order valence-corrected chi connectivity index (χ0v) is 12.3. The number of nitrogen functional groups attached to an aromatic ring is 1. The number of carbonyl (C=O) groups excluding carboxylic acids is 1. The molecule has 1 fully saturated rings. The van der Waals surface area contributed by atoms with Gasteiger partial charge in [-0.15, -0.1) is 0 Å². The number of amides is 1. The molecular formula is C13H18N2O4S. The molecule has 7 heteroatoms. The van der Waals surface area contributed by atoms with E-state index in [1.807, 2.05) is 0 Å². The van der Waals surface area contributed by atoms with Crippen LogP contribution in [0, 0.1) is 0 Å². The van der Waals surface area contributed by atoms with Gasteiger partial charge in [0.1, 0.15) is 0 Å². The molecule has 110 valence electrons. The van der Waals surface area contributed by atoms with Gasteiger partial charge in [0.15, 0.2) is 9.84 Å². The Morgan fingerprint density at radius 1 is 1.40 bits per heavy atom. The summed E-state index contributed by atoms with van der Waals surface area (Å²) in [6.45, 7) is 2.34. The van der Waals surface area contributed by atoms with Crippen molar-refractivity contribution < 1.29 is 18.3 Å². The zero-order valence-electron chi connectivity index (χ0n) is 11.5. The Morgan fingerprint density at radius 3 is 2.55 bits per heavy atom. The van der Waals surface area contributed by atoms with Gasteiger partial charge in [-0.05, 0) is 31.5 Å². The molecule has 6 nitrogen and oxygen atoms in total. The smallest absolute Gasteiger partial charge is 0.254 e. The van der Waals surface area contributed by atoms with E-state index in [-0.39, 0.29) is 28.6 Å². The maximum Gasteiger partial charge on any atom is 0.254 e. The first-order valence-electron chi connectivity index (χ1n) is 6.21. The van der Waals surface area contributed by atoms with Crippen molar-refractivity contribution in [3.63, 3.8) is 0 Å². The van der Waals surface area contributed by atoms with Crippen molar-refractivity contribution in [1.82, 2.24) is 4.90 Å². The number of aliphatic hydroxyl groups is 1. The summed E-state index contributed by atoms with van der Waals surface area (Å²) in [5, 5.41) is 9.88. The largest absolute Gasteiger partial charge is 0.399 e. The molecule has 1 amide bonds. The van der Waals surface area contributed by atoms with Gasteiger partial charge in [-0.2, -0.15) is 0 Å². The van der Waals surface area contributed by atoms with E-state index >= 15 is 0 Å². The molecule has 0 aromatic heterocycles. The van der Waals surface area contributed by atoms with Gasteiger partial charge in [0.2, 0.25) is 0 Å². The number of hydrogen-bond acceptors (Lipinski definition) is 5. The number of carbonyl (C=O) groups is 1. The van der Waals surface area contributed by atoms with E-state index in [2.05, 4.69) is 0 Å². The molecule has 0 spiro atoms. The summed E-state index contributed by atoms with van der Waals surface area (Å²) >= 11 is 0. The number of anilines is 1. The summed E-state index contributed by atoms with van der Waals surface area (Å²) in [5.41, 5.74) is 5.22. The number of nitrogens with two attached hydrogens (primary N) is 1. The summed E-state index contributed by atoms with van der Waals surface area (Å²) < 4.78 is 23.1. The van der Waals surface area contributed by atoms with Crippen molar-refractivity contribution in [3.8, 4) is 0 Å². The van der Waals surface area contributed by atoms with E-state index < -0.39 is 15.4 Å². The molecule has 1 saturated heterocycles. The molecule has 1 aliphatic heterocycles. The third kappa shape index (κ3) is 3.10. The van der Waals surface area contributed by atoms with Crippen LogP contribution in [0.1, 0.15) is 23.7 Å². The summed E-state index contributed by atoms with van der Waals surface area (Å²) in [6, 6.07) is 4.09. The molecule has 0 bridgehead atoms. The van der Waals surface area contributed by atoms with Crippen LogP contribution in [0.25, 0.3) is 0 Å². The van der Waals surface area contributed by atoms with Crippen LogP contribution in [0.3, 0.4) is 0 Å². The van der Waals surface area contributed by atoms with Crippen molar-refractivity contribution in [3.05, 3.63) is 23.8 Å². The third-order valence-electron chi connectivity index (χ3n) is 3.34. The van der Waals surface area contributed by atoms with Crippen LogP contribution in [0.2, 0.25) is 0 Å². The van der Waals surface area contributed by atoms with Crippen LogP contribution in [0.4, 0.5) is 5.69 Å². The Hall–Kier alpha value is -1.60. The van der Waals surface area contributed by atoms with E-state index in [0.29, 0.717) is 13.0 Å². The summed E-state index contributed by atoms with van der Waals surface area (Å²) in [7, 11) is -3.43. The Labute approximate surface area is 118 Å². The standard InChI is InChI=1S/C13H18N2O4S/c1-13(17)3-4-15(8-13)12(16)9-5-10(14)7-11(6-9)20(2,18)19/h5-7,17H,3-4,8,14H2,1-2H3. The maximum atomic E-state index is 12.3. The average Bonchev–Trinajstić information content (AvgIpc) is 2.67. The SMILES string of the molecule is CC1(O)CCN(C(=O)c2cc(N)cc(S(C)(=O)=O)c2)C1. The second-order valence-corrected chi connectivity index (χ2v) is 7.55. The van der Waals surface area contributed by atoms with Crippen LogP contribution in [0.15, 0.2) is 23.1 Å². The second kappa shape index (κ2) is 4.75. The molecule has 1 aromatic rings. The van der Waals surface area contributed by atoms with Gasteiger partial charge >= 0.3 is 0 Å². The predicted octanol–water partition coefficient (Wildman–Crippen LogP) is 0.269. The zero-order chi connectivity index (χ0) is 15.1. The molecule has 3 N–H and O–H groups in total. The number of β-amino-alcohol motifs (C(OH)–C–C–N with tert-alkyl or cyclic N) is 1. The predicted molar refractivity (Wildman–Crippen MR) is 75.1 cm³/mol. The van der Waals surface area contributed by atoms with Crippen molar-refractivity contribution in [2.45, 2.75) is 23.8 Å². The molecule has 1 aliphatic rings. The Morgan fingerprint density at radius 2 is 2.05 bits per heavy atom. The first kappa shape index (κ1) is 14.8. The van der Waals surface area contributed by atoms with Crippen LogP contribution in [-0.2, 0) is 9.84 Å². The Bertz CT molecular complexity index is 652. The third-order valence-corrected chi connectivity index (χ3v) is 4.43. The number of rotatable bonds is 2. The van der Waals surface area contributed by atoms with E-state index in [0.717, 1.165) is 6.26 Å². The molecule has 1 aromatic carbocycles. The first-order chi connectivity index (χ1) is 9.08. The van der Waals surface area contributed by atoms with Crippen LogP contribution >= 0.6 is 0 Å². The van der Waals surface area contributed by atoms with Gasteiger partial charge in [-0.3, -0.25) is 4.79 Å². The van der Waals surface area contributed by atoms with Crippen LogP contribution < -0.4 is 5.73 Å². The number of nitrogens with zero attached hydrogens (tertiary/aromatic N) is 1. The molecule has 0 saturated carbocycles. The van der Waals surface area contributed by atoms with Crippen molar-refractivity contribution in [1.29, 1.82) is 0 Å². The fourth-order valence-corrected chi connectivity index (χ4v) is 2.95. The normalized spacial score (nSPS) is 23.1. The molecule has 0 aliphatic carbocycles. The van der Waals surface area contributed by atoms with Gasteiger partial charge < -0.3 is 15.7 Å². The topological polar surface area (TPSA) is 101 Å². The molecule has 1 atom stereocenters. The lowest BCUT2D eigenvalue weighted by atomic mass is 10.1. The quantitative estimate of drug-likeness (QED) is 0.763. The summed E-state index contributed by atoms with van der Waals surface area (Å²) in [4.78, 5) is 13.9. The Balaban J connectivity index is 2.34. The summed E-state index contributed by atoms with van der Waals surface area (Å²) in [6.07, 6.45) is 1.57. The second-order valence-electron chi connectivity index (χ2n) is 5.54. The highest BCUT2D eigenvalue weighted by Gasteiger charge is 2.34. The van der Waals surface area contributed by atoms with Gasteiger partial charge in [0.25, 0.3) is 5.91 Å². The number of sulfone groups is 1. The van der Waals surface area contributed by atoms with Crippen molar-refractivity contribution in [2.24, 2.45) is 0 Å². The number of likely N-dealkylation sites (tertiary alicyclic amines) is 1. The highest BCUT2D eigenvalue weighted by atomic mass is 32.2. The van der Waals surface area contributed by atoms with E-state index in [9.17, 15) is 18.3 Å². The fourth-order valence-electron chi connectivity index (χ4n) is 2.26. The average molecular weight is 298 g/mol. The first-order valence-corrected chi connectivity index (χ1v) is 8.10. The van der Waals surface area contributed by atoms with Crippen molar-refractivity contribution in [2.75, 3.05) is 25.1 Å². The highest BCUT2D eigenvalue weighted by Crippen LogP contribution is 2.24. The lowest BCUT2D eigenvalue weighted by Gasteiger charge is -2.19. The lowest BCUT2D eigenvalue weighted by molar-refractivity contribution is 0.0572.